The molecule has 3 aromatic carbocycles. The first-order chi connectivity index (χ1) is 15.4. The monoisotopic (exact) mass is 436 g/mol. The van der Waals surface area contributed by atoms with E-state index in [1.165, 1.54) is 19.2 Å². The number of nitro benzene ring substituents is 1. The summed E-state index contributed by atoms with van der Waals surface area (Å²) in [5, 5.41) is 14.4. The molecule has 0 aliphatic carbocycles. The SMILES string of the molecule is COc1ccc(C(=O)CC(Nc2cccc([N+](=O)[O-])c2)c2ccc(OC)c(OC)c2)cc1. The number of rotatable bonds is 10. The molecule has 1 atom stereocenters. The van der Waals surface area contributed by atoms with Gasteiger partial charge in [-0.2, -0.15) is 0 Å². The van der Waals surface area contributed by atoms with Crippen LogP contribution >= 0.6 is 0 Å². The molecule has 0 saturated heterocycles. The van der Waals surface area contributed by atoms with Crippen LogP contribution < -0.4 is 19.5 Å². The second kappa shape index (κ2) is 10.3. The number of Topliss-reactive ketones (excluding diaryl/α,β-unsaturated/α-hetero) is 1. The van der Waals surface area contributed by atoms with Gasteiger partial charge in [0, 0.05) is 29.8 Å². The van der Waals surface area contributed by atoms with Gasteiger partial charge in [-0.05, 0) is 48.0 Å². The summed E-state index contributed by atoms with van der Waals surface area (Å²) in [6.07, 6.45) is 0.116. The summed E-state index contributed by atoms with van der Waals surface area (Å²) in [5.74, 6) is 1.65. The molecule has 166 valence electrons. The lowest BCUT2D eigenvalue weighted by Crippen LogP contribution is -2.16. The zero-order chi connectivity index (χ0) is 23.1. The van der Waals surface area contributed by atoms with Crippen molar-refractivity contribution in [1.29, 1.82) is 0 Å². The van der Waals surface area contributed by atoms with Gasteiger partial charge in [0.25, 0.3) is 5.69 Å². The Balaban J connectivity index is 1.94. The number of ketones is 1. The first kappa shape index (κ1) is 22.6. The van der Waals surface area contributed by atoms with Crippen LogP contribution in [0.1, 0.15) is 28.4 Å². The van der Waals surface area contributed by atoms with Crippen LogP contribution in [-0.4, -0.2) is 32.0 Å². The maximum Gasteiger partial charge on any atom is 0.271 e. The summed E-state index contributed by atoms with van der Waals surface area (Å²) in [6.45, 7) is 0. The Kier molecular flexibility index (Phi) is 7.28. The van der Waals surface area contributed by atoms with E-state index in [9.17, 15) is 14.9 Å². The molecule has 0 aliphatic rings. The van der Waals surface area contributed by atoms with Crippen LogP contribution in [0.5, 0.6) is 17.2 Å². The number of nitro groups is 1. The molecule has 0 aliphatic heterocycles. The van der Waals surface area contributed by atoms with E-state index in [-0.39, 0.29) is 17.9 Å². The number of hydrogen-bond donors (Lipinski definition) is 1. The molecule has 3 aromatic rings. The average molecular weight is 436 g/mol. The van der Waals surface area contributed by atoms with E-state index in [4.69, 9.17) is 14.2 Å². The molecular weight excluding hydrogens is 412 g/mol. The highest BCUT2D eigenvalue weighted by atomic mass is 16.6. The Morgan fingerprint density at radius 2 is 1.66 bits per heavy atom. The Bertz CT molecular complexity index is 1100. The zero-order valence-corrected chi connectivity index (χ0v) is 18.0. The summed E-state index contributed by atoms with van der Waals surface area (Å²) in [4.78, 5) is 23.7. The summed E-state index contributed by atoms with van der Waals surface area (Å²) in [5.41, 5.74) is 1.80. The van der Waals surface area contributed by atoms with Crippen molar-refractivity contribution in [2.24, 2.45) is 0 Å². The van der Waals surface area contributed by atoms with Gasteiger partial charge in [-0.25, -0.2) is 0 Å². The molecule has 0 saturated carbocycles. The number of methoxy groups -OCH3 is 3. The quantitative estimate of drug-likeness (QED) is 0.270. The molecule has 8 heteroatoms. The fourth-order valence-electron chi connectivity index (χ4n) is 3.31. The number of carbonyl (C=O) groups excluding carboxylic acids is 1. The van der Waals surface area contributed by atoms with Gasteiger partial charge in [-0.1, -0.05) is 12.1 Å². The lowest BCUT2D eigenvalue weighted by atomic mass is 9.97. The molecule has 3 rings (SSSR count). The summed E-state index contributed by atoms with van der Waals surface area (Å²) >= 11 is 0. The number of anilines is 1. The molecule has 0 bridgehead atoms. The van der Waals surface area contributed by atoms with Crippen molar-refractivity contribution < 1.29 is 23.9 Å². The van der Waals surface area contributed by atoms with Crippen molar-refractivity contribution in [1.82, 2.24) is 0 Å². The van der Waals surface area contributed by atoms with E-state index in [0.29, 0.717) is 28.5 Å². The normalized spacial score (nSPS) is 11.3. The number of nitrogens with one attached hydrogen (secondary N) is 1. The molecule has 0 heterocycles. The van der Waals surface area contributed by atoms with Gasteiger partial charge in [-0.3, -0.25) is 14.9 Å². The highest BCUT2D eigenvalue weighted by Crippen LogP contribution is 2.33. The predicted molar refractivity (Wildman–Crippen MR) is 121 cm³/mol. The van der Waals surface area contributed by atoms with E-state index < -0.39 is 11.0 Å². The third kappa shape index (κ3) is 5.34. The van der Waals surface area contributed by atoms with Crippen molar-refractivity contribution in [2.45, 2.75) is 12.5 Å². The first-order valence-electron chi connectivity index (χ1n) is 9.85. The molecule has 0 amide bonds. The van der Waals surface area contributed by atoms with Crippen molar-refractivity contribution in [3.05, 3.63) is 88.0 Å². The Labute approximate surface area is 185 Å². The minimum absolute atomic E-state index is 0.0393. The molecule has 0 radical (unpaired) electrons. The third-order valence-corrected chi connectivity index (χ3v) is 5.01. The second-order valence-corrected chi connectivity index (χ2v) is 6.97. The highest BCUT2D eigenvalue weighted by Gasteiger charge is 2.20. The third-order valence-electron chi connectivity index (χ3n) is 5.01. The van der Waals surface area contributed by atoms with Gasteiger partial charge >= 0.3 is 0 Å². The Hall–Kier alpha value is -4.07. The molecule has 8 nitrogen and oxygen atoms in total. The molecule has 0 spiro atoms. The molecule has 0 aromatic heterocycles. The lowest BCUT2D eigenvalue weighted by molar-refractivity contribution is -0.384. The summed E-state index contributed by atoms with van der Waals surface area (Å²) in [6, 6.07) is 18.0. The van der Waals surface area contributed by atoms with Crippen molar-refractivity contribution in [3.63, 3.8) is 0 Å². The fraction of sp³-hybridized carbons (Fsp3) is 0.208. The summed E-state index contributed by atoms with van der Waals surface area (Å²) < 4.78 is 15.9. The van der Waals surface area contributed by atoms with Gasteiger partial charge in [0.05, 0.1) is 32.3 Å². The number of nitrogens with zero attached hydrogens (tertiary/aromatic N) is 1. The minimum Gasteiger partial charge on any atom is -0.497 e. The van der Waals surface area contributed by atoms with Crippen molar-refractivity contribution >= 4 is 17.2 Å². The number of benzene rings is 3. The van der Waals surface area contributed by atoms with Gasteiger partial charge in [-0.15, -0.1) is 0 Å². The van der Waals surface area contributed by atoms with Gasteiger partial charge in [0.2, 0.25) is 0 Å². The number of non-ortho nitro benzene ring substituents is 1. The standard InChI is InChI=1S/C24H24N2O6/c1-30-20-10-7-16(8-11-20)22(27)15-21(17-9-12-23(31-2)24(13-17)32-3)25-18-5-4-6-19(14-18)26(28)29/h4-14,21,25H,15H2,1-3H3. The highest BCUT2D eigenvalue weighted by molar-refractivity contribution is 5.96. The predicted octanol–water partition coefficient (Wildman–Crippen LogP) is 5.05. The Morgan fingerprint density at radius 1 is 0.938 bits per heavy atom. The first-order valence-corrected chi connectivity index (χ1v) is 9.85. The topological polar surface area (TPSA) is 99.9 Å². The number of hydrogen-bond acceptors (Lipinski definition) is 7. The van der Waals surface area contributed by atoms with Crippen LogP contribution in [0.15, 0.2) is 66.7 Å². The van der Waals surface area contributed by atoms with E-state index in [1.807, 2.05) is 6.07 Å². The number of carbonyl (C=O) groups is 1. The van der Waals surface area contributed by atoms with Crippen molar-refractivity contribution in [3.8, 4) is 17.2 Å². The molecule has 0 fully saturated rings. The fourth-order valence-corrected chi connectivity index (χ4v) is 3.31. The largest absolute Gasteiger partial charge is 0.497 e. The molecule has 32 heavy (non-hydrogen) atoms. The van der Waals surface area contributed by atoms with Crippen LogP contribution in [-0.2, 0) is 0 Å². The van der Waals surface area contributed by atoms with E-state index in [1.54, 1.807) is 62.8 Å². The lowest BCUT2D eigenvalue weighted by Gasteiger charge is -2.21. The van der Waals surface area contributed by atoms with Gasteiger partial charge in [0.1, 0.15) is 5.75 Å². The van der Waals surface area contributed by atoms with E-state index >= 15 is 0 Å². The zero-order valence-electron chi connectivity index (χ0n) is 18.0. The van der Waals surface area contributed by atoms with Crippen molar-refractivity contribution in [2.75, 3.05) is 26.6 Å². The van der Waals surface area contributed by atoms with Gasteiger partial charge < -0.3 is 19.5 Å². The van der Waals surface area contributed by atoms with Crippen LogP contribution in [0.2, 0.25) is 0 Å². The van der Waals surface area contributed by atoms with Crippen LogP contribution in [0.25, 0.3) is 0 Å². The van der Waals surface area contributed by atoms with Crippen LogP contribution in [0, 0.1) is 10.1 Å². The van der Waals surface area contributed by atoms with Gasteiger partial charge in [0.15, 0.2) is 17.3 Å². The maximum atomic E-state index is 13.0. The number of ether oxygens (including phenoxy) is 3. The van der Waals surface area contributed by atoms with E-state index in [0.717, 1.165) is 5.56 Å². The second-order valence-electron chi connectivity index (χ2n) is 6.97. The van der Waals surface area contributed by atoms with Crippen LogP contribution in [0.3, 0.4) is 0 Å². The Morgan fingerprint density at radius 3 is 2.28 bits per heavy atom. The average Bonchev–Trinajstić information content (AvgIpc) is 2.83. The van der Waals surface area contributed by atoms with E-state index in [2.05, 4.69) is 5.32 Å². The maximum absolute atomic E-state index is 13.0. The summed E-state index contributed by atoms with van der Waals surface area (Å²) in [7, 11) is 4.64. The van der Waals surface area contributed by atoms with Crippen LogP contribution in [0.4, 0.5) is 11.4 Å². The minimum atomic E-state index is -0.466. The molecular formula is C24H24N2O6. The molecule has 1 N–H and O–H groups in total. The smallest absolute Gasteiger partial charge is 0.271 e. The molecule has 1 unspecified atom stereocenters.